The second-order valence-corrected chi connectivity index (χ2v) is 9.47. The number of fused-ring (bicyclic) bond motifs is 3. The number of carbonyl (C=O) groups excluding carboxylic acids is 2. The molecule has 0 aliphatic rings. The van der Waals surface area contributed by atoms with E-state index < -0.39 is 53.9 Å². The van der Waals surface area contributed by atoms with Crippen LogP contribution in [0.2, 0.25) is 0 Å². The van der Waals surface area contributed by atoms with Crippen molar-refractivity contribution in [2.45, 2.75) is 0 Å². The summed E-state index contributed by atoms with van der Waals surface area (Å²) in [4.78, 5) is 39.7. The van der Waals surface area contributed by atoms with E-state index in [1.54, 1.807) is 0 Å². The largest absolute Gasteiger partial charge is 0.354 e. The van der Waals surface area contributed by atoms with Crippen molar-refractivity contribution in [3.8, 4) is 0 Å². The second-order valence-electron chi connectivity index (χ2n) is 6.32. The van der Waals surface area contributed by atoms with Crippen LogP contribution in [-0.4, -0.2) is 51.2 Å². The van der Waals surface area contributed by atoms with Crippen molar-refractivity contribution in [3.05, 3.63) is 57.8 Å². The molecule has 12 nitrogen and oxygen atoms in total. The van der Waals surface area contributed by atoms with E-state index in [1.165, 1.54) is 24.4 Å². The summed E-state index contributed by atoms with van der Waals surface area (Å²) in [6, 6.07) is 5.88. The Balaban J connectivity index is 2.50. The highest BCUT2D eigenvalue weighted by atomic mass is 32.2. The van der Waals surface area contributed by atoms with Gasteiger partial charge in [0.25, 0.3) is 5.69 Å². The van der Waals surface area contributed by atoms with Gasteiger partial charge in [-0.25, -0.2) is 9.59 Å². The van der Waals surface area contributed by atoms with Crippen LogP contribution >= 0.6 is 0 Å². The minimum atomic E-state index is -4.32. The molecule has 162 valence electrons. The smallest absolute Gasteiger partial charge is 0.341 e. The summed E-state index contributed by atoms with van der Waals surface area (Å²) in [7, 11) is -8.59. The lowest BCUT2D eigenvalue weighted by Crippen LogP contribution is -2.16. The van der Waals surface area contributed by atoms with Crippen LogP contribution in [0.1, 0.15) is 20.7 Å². The predicted octanol–water partition coefficient (Wildman–Crippen LogP) is 1.53. The van der Waals surface area contributed by atoms with Gasteiger partial charge in [0.1, 0.15) is 0 Å². The van der Waals surface area contributed by atoms with E-state index in [2.05, 4.69) is 13.4 Å². The summed E-state index contributed by atoms with van der Waals surface area (Å²) < 4.78 is 54.5. The minimum absolute atomic E-state index is 0.0896. The van der Waals surface area contributed by atoms with Crippen molar-refractivity contribution >= 4 is 59.5 Å². The number of nitrogens with zero attached hydrogens (tertiary/aromatic N) is 2. The van der Waals surface area contributed by atoms with Gasteiger partial charge in [-0.2, -0.15) is 16.8 Å². The summed E-state index contributed by atoms with van der Waals surface area (Å²) in [5.74, 6) is -2.90. The van der Waals surface area contributed by atoms with Crippen LogP contribution in [0.25, 0.3) is 21.7 Å². The van der Waals surface area contributed by atoms with Gasteiger partial charge < -0.3 is 8.37 Å². The van der Waals surface area contributed by atoms with Gasteiger partial charge in [-0.3, -0.25) is 15.1 Å². The third kappa shape index (κ3) is 4.75. The van der Waals surface area contributed by atoms with Crippen molar-refractivity contribution in [3.63, 3.8) is 0 Å². The number of hydrogen-bond acceptors (Lipinski definition) is 11. The Bertz CT molecular complexity index is 1490. The Hall–Kier alpha value is -3.65. The number of rotatable bonds is 5. The maximum Gasteiger partial charge on any atom is 0.354 e. The minimum Gasteiger partial charge on any atom is -0.341 e. The maximum atomic E-state index is 12.6. The molecule has 0 bridgehead atoms. The second kappa shape index (κ2) is 7.55. The van der Waals surface area contributed by atoms with Crippen LogP contribution in [0.5, 0.6) is 0 Å². The van der Waals surface area contributed by atoms with E-state index in [-0.39, 0.29) is 21.7 Å². The summed E-state index contributed by atoms with van der Waals surface area (Å²) in [5, 5.41) is 11.3. The average molecular weight is 468 g/mol. The lowest BCUT2D eigenvalue weighted by atomic mass is 9.95. The molecule has 0 aliphatic heterocycles. The van der Waals surface area contributed by atoms with E-state index in [9.17, 15) is 36.5 Å². The molecule has 31 heavy (non-hydrogen) atoms. The van der Waals surface area contributed by atoms with Crippen LogP contribution < -0.4 is 0 Å². The predicted molar refractivity (Wildman–Crippen MR) is 106 cm³/mol. The zero-order valence-corrected chi connectivity index (χ0v) is 17.4. The average Bonchev–Trinajstić information content (AvgIpc) is 2.63. The standard InChI is InChI=1S/C17H12N2O10S2/c1-30(24,25)28-16(20)12-6-9-4-3-5-18-15(9)11-7-10(19(22)23)8-13(14(11)12)17(21)29-31(2,26)27/h3-8H,1-2H3. The Kier molecular flexibility index (Phi) is 5.37. The van der Waals surface area contributed by atoms with Gasteiger partial charge in [-0.05, 0) is 12.1 Å². The number of pyridine rings is 1. The van der Waals surface area contributed by atoms with E-state index >= 15 is 0 Å². The van der Waals surface area contributed by atoms with Gasteiger partial charge in [0.2, 0.25) is 0 Å². The zero-order chi connectivity index (χ0) is 23.1. The van der Waals surface area contributed by atoms with Crippen LogP contribution in [0.15, 0.2) is 36.5 Å². The van der Waals surface area contributed by atoms with Gasteiger partial charge in [0.15, 0.2) is 0 Å². The third-order valence-electron chi connectivity index (χ3n) is 3.89. The van der Waals surface area contributed by atoms with Gasteiger partial charge in [0, 0.05) is 34.5 Å². The van der Waals surface area contributed by atoms with Crippen LogP contribution in [0, 0.1) is 10.1 Å². The number of carbonyl (C=O) groups is 2. The van der Waals surface area contributed by atoms with Crippen molar-refractivity contribution in [2.24, 2.45) is 0 Å². The molecule has 0 aliphatic carbocycles. The van der Waals surface area contributed by atoms with Crippen molar-refractivity contribution in [1.82, 2.24) is 4.98 Å². The molecular formula is C17H12N2O10S2. The normalized spacial score (nSPS) is 11.9. The fourth-order valence-electron chi connectivity index (χ4n) is 2.88. The zero-order valence-electron chi connectivity index (χ0n) is 15.8. The molecule has 14 heteroatoms. The molecule has 3 rings (SSSR count). The topological polar surface area (TPSA) is 177 Å². The lowest BCUT2D eigenvalue weighted by Gasteiger charge is -2.12. The van der Waals surface area contributed by atoms with Crippen molar-refractivity contribution in [1.29, 1.82) is 0 Å². The molecule has 0 fully saturated rings. The van der Waals surface area contributed by atoms with Gasteiger partial charge in [-0.1, -0.05) is 6.07 Å². The van der Waals surface area contributed by atoms with E-state index in [0.717, 1.165) is 6.07 Å². The highest BCUT2D eigenvalue weighted by molar-refractivity contribution is 7.86. The fourth-order valence-corrected chi connectivity index (χ4v) is 3.61. The van der Waals surface area contributed by atoms with Crippen LogP contribution in [-0.2, 0) is 28.6 Å². The molecule has 0 saturated carbocycles. The molecule has 2 aromatic carbocycles. The molecule has 1 aromatic heterocycles. The molecule has 0 atom stereocenters. The van der Waals surface area contributed by atoms with Crippen LogP contribution in [0.3, 0.4) is 0 Å². The summed E-state index contributed by atoms with van der Waals surface area (Å²) in [6.45, 7) is 0. The Morgan fingerprint density at radius 3 is 2.03 bits per heavy atom. The first-order valence-electron chi connectivity index (χ1n) is 8.14. The number of aromatic nitrogens is 1. The number of benzene rings is 2. The highest BCUT2D eigenvalue weighted by Crippen LogP contribution is 2.34. The van der Waals surface area contributed by atoms with Gasteiger partial charge in [-0.15, -0.1) is 0 Å². The van der Waals surface area contributed by atoms with E-state index in [0.29, 0.717) is 18.6 Å². The first-order valence-corrected chi connectivity index (χ1v) is 11.8. The summed E-state index contributed by atoms with van der Waals surface area (Å²) >= 11 is 0. The molecule has 0 unspecified atom stereocenters. The number of non-ortho nitro benzene ring substituents is 1. The summed E-state index contributed by atoms with van der Waals surface area (Å²) in [6.07, 6.45) is 2.56. The molecule has 0 radical (unpaired) electrons. The first-order chi connectivity index (χ1) is 14.3. The van der Waals surface area contributed by atoms with Crippen molar-refractivity contribution < 1.29 is 39.7 Å². The van der Waals surface area contributed by atoms with Gasteiger partial charge in [0.05, 0.1) is 34.1 Å². The molecule has 0 amide bonds. The quantitative estimate of drug-likeness (QED) is 0.229. The molecule has 0 saturated heterocycles. The number of nitro groups is 1. The van der Waals surface area contributed by atoms with E-state index in [1.807, 2.05) is 0 Å². The van der Waals surface area contributed by atoms with E-state index in [4.69, 9.17) is 0 Å². The molecule has 3 aromatic rings. The Morgan fingerprint density at radius 2 is 1.52 bits per heavy atom. The fraction of sp³-hybridized carbons (Fsp3) is 0.118. The van der Waals surface area contributed by atoms with Crippen LogP contribution in [0.4, 0.5) is 5.69 Å². The van der Waals surface area contributed by atoms with Crippen molar-refractivity contribution in [2.75, 3.05) is 12.5 Å². The Morgan fingerprint density at radius 1 is 0.968 bits per heavy atom. The Labute approximate surface area is 174 Å². The number of hydrogen-bond donors (Lipinski definition) is 0. The summed E-state index contributed by atoms with van der Waals surface area (Å²) in [5.41, 5.74) is -1.61. The monoisotopic (exact) mass is 468 g/mol. The SMILES string of the molecule is CS(=O)(=O)OC(=O)c1cc([N+](=O)[O-])cc2c1c(C(=O)OS(C)(=O)=O)cc1cccnc12. The third-order valence-corrected chi connectivity index (χ3v) is 4.80. The van der Waals surface area contributed by atoms with Gasteiger partial charge >= 0.3 is 32.2 Å². The highest BCUT2D eigenvalue weighted by Gasteiger charge is 2.28. The molecule has 0 spiro atoms. The number of nitro benzene ring substituents is 1. The molecular weight excluding hydrogens is 456 g/mol. The maximum absolute atomic E-state index is 12.6. The molecule has 0 N–H and O–H groups in total. The molecule has 1 heterocycles. The first kappa shape index (κ1) is 22.0. The lowest BCUT2D eigenvalue weighted by molar-refractivity contribution is -0.384.